The molecule has 3 aromatic rings. The molecule has 0 radical (unpaired) electrons. The molecule has 1 N–H and O–H groups in total. The van der Waals surface area contributed by atoms with E-state index in [9.17, 15) is 14.9 Å². The number of anilines is 1. The Balaban J connectivity index is 1.61. The quantitative estimate of drug-likeness (QED) is 0.459. The molecule has 1 amide bonds. The molecular weight excluding hydrogens is 388 g/mol. The van der Waals surface area contributed by atoms with Gasteiger partial charge in [0.05, 0.1) is 10.6 Å². The number of aryl methyl sites for hydroxylation is 1. The van der Waals surface area contributed by atoms with Gasteiger partial charge in [-0.25, -0.2) is 0 Å². The molecule has 1 heterocycles. The summed E-state index contributed by atoms with van der Waals surface area (Å²) in [6.07, 6.45) is 2.62. The number of nitrogens with zero attached hydrogens (tertiary/aromatic N) is 3. The van der Waals surface area contributed by atoms with Crippen molar-refractivity contribution < 1.29 is 9.72 Å². The largest absolute Gasteiger partial charge is 0.325 e. The third kappa shape index (κ3) is 5.32. The highest BCUT2D eigenvalue weighted by Crippen LogP contribution is 2.33. The van der Waals surface area contributed by atoms with Crippen molar-refractivity contribution in [2.75, 3.05) is 5.32 Å². The third-order valence-corrected chi connectivity index (χ3v) is 4.94. The highest BCUT2D eigenvalue weighted by molar-refractivity contribution is 7.99. The van der Waals surface area contributed by atoms with Crippen molar-refractivity contribution >= 4 is 40.6 Å². The van der Waals surface area contributed by atoms with E-state index in [2.05, 4.69) is 10.4 Å². The fourth-order valence-electron chi connectivity index (χ4n) is 2.29. The van der Waals surface area contributed by atoms with Gasteiger partial charge in [0.15, 0.2) is 0 Å². The van der Waals surface area contributed by atoms with Gasteiger partial charge < -0.3 is 5.32 Å². The lowest BCUT2D eigenvalue weighted by atomic mass is 10.3. The summed E-state index contributed by atoms with van der Waals surface area (Å²) in [4.78, 5) is 24.3. The summed E-state index contributed by atoms with van der Waals surface area (Å²) in [5, 5.41) is 18.1. The van der Waals surface area contributed by atoms with Crippen molar-refractivity contribution in [3.05, 3.63) is 76.1 Å². The van der Waals surface area contributed by atoms with E-state index in [1.54, 1.807) is 0 Å². The van der Waals surface area contributed by atoms with Crippen molar-refractivity contribution in [1.29, 1.82) is 0 Å². The van der Waals surface area contributed by atoms with E-state index < -0.39 is 4.92 Å². The lowest BCUT2D eigenvalue weighted by Gasteiger charge is -2.11. The predicted molar refractivity (Wildman–Crippen MR) is 104 cm³/mol. The molecule has 0 bridgehead atoms. The van der Waals surface area contributed by atoms with E-state index in [0.29, 0.717) is 10.7 Å². The van der Waals surface area contributed by atoms with Crippen molar-refractivity contribution in [1.82, 2.24) is 9.78 Å². The topological polar surface area (TPSA) is 90.1 Å². The third-order valence-electron chi connectivity index (χ3n) is 3.60. The first-order valence-electron chi connectivity index (χ1n) is 8.00. The van der Waals surface area contributed by atoms with Crippen LogP contribution in [0, 0.1) is 10.1 Å². The highest BCUT2D eigenvalue weighted by atomic mass is 35.5. The van der Waals surface area contributed by atoms with Crippen LogP contribution >= 0.6 is 23.4 Å². The minimum absolute atomic E-state index is 0.0971. The van der Waals surface area contributed by atoms with Crippen LogP contribution in [-0.4, -0.2) is 20.6 Å². The second-order valence-electron chi connectivity index (χ2n) is 5.57. The molecule has 27 heavy (non-hydrogen) atoms. The first-order valence-corrected chi connectivity index (χ1v) is 9.20. The van der Waals surface area contributed by atoms with Crippen molar-refractivity contribution in [2.24, 2.45) is 0 Å². The molecule has 0 aliphatic carbocycles. The Morgan fingerprint density at radius 1 is 1.22 bits per heavy atom. The van der Waals surface area contributed by atoms with Gasteiger partial charge in [0, 0.05) is 27.8 Å². The van der Waals surface area contributed by atoms with Gasteiger partial charge in [0.25, 0.3) is 0 Å². The van der Waals surface area contributed by atoms with E-state index in [0.717, 1.165) is 16.0 Å². The summed E-state index contributed by atoms with van der Waals surface area (Å²) in [5.74, 6) is -0.197. The fraction of sp³-hybridized carbons (Fsp3) is 0.111. The van der Waals surface area contributed by atoms with Crippen LogP contribution in [0.5, 0.6) is 0 Å². The second-order valence-corrected chi connectivity index (χ2v) is 7.12. The molecule has 7 nitrogen and oxygen atoms in total. The van der Waals surface area contributed by atoms with Crippen LogP contribution in [-0.2, 0) is 11.3 Å². The smallest absolute Gasteiger partial charge is 0.306 e. The number of aromatic nitrogens is 2. The molecule has 0 aliphatic rings. The Morgan fingerprint density at radius 2 is 1.96 bits per heavy atom. The van der Waals surface area contributed by atoms with E-state index in [1.807, 2.05) is 48.5 Å². The molecule has 0 aliphatic heterocycles. The summed E-state index contributed by atoms with van der Waals surface area (Å²) in [6.45, 7) is 0.256. The molecule has 0 fully saturated rings. The van der Waals surface area contributed by atoms with Crippen LogP contribution in [0.15, 0.2) is 70.7 Å². The number of amides is 1. The average Bonchev–Trinajstić information content (AvgIpc) is 3.13. The number of benzene rings is 2. The lowest BCUT2D eigenvalue weighted by molar-refractivity contribution is -0.385. The van der Waals surface area contributed by atoms with Gasteiger partial charge in [-0.05, 0) is 36.4 Å². The van der Waals surface area contributed by atoms with Crippen LogP contribution in [0.1, 0.15) is 6.42 Å². The summed E-state index contributed by atoms with van der Waals surface area (Å²) in [5.41, 5.74) is 0.606. The van der Waals surface area contributed by atoms with E-state index in [-0.39, 0.29) is 24.6 Å². The number of hydrogen-bond donors (Lipinski definition) is 1. The lowest BCUT2D eigenvalue weighted by Crippen LogP contribution is -2.15. The van der Waals surface area contributed by atoms with Crippen molar-refractivity contribution in [3.8, 4) is 0 Å². The zero-order valence-electron chi connectivity index (χ0n) is 14.0. The normalized spacial score (nSPS) is 10.6. The van der Waals surface area contributed by atoms with Crippen molar-refractivity contribution in [2.45, 2.75) is 22.8 Å². The molecule has 0 unspecified atom stereocenters. The SMILES string of the molecule is O=C(CCn1cc([N+](=O)[O-])cn1)Nc1ccccc1Sc1ccc(Cl)cc1. The Hall–Kier alpha value is -2.84. The molecule has 9 heteroatoms. The molecule has 2 aromatic carbocycles. The van der Waals surface area contributed by atoms with Crippen LogP contribution < -0.4 is 5.32 Å². The molecule has 138 valence electrons. The van der Waals surface area contributed by atoms with E-state index in [4.69, 9.17) is 11.6 Å². The first-order chi connectivity index (χ1) is 13.0. The summed E-state index contributed by atoms with van der Waals surface area (Å²) >= 11 is 7.43. The average molecular weight is 403 g/mol. The Kier molecular flexibility index (Phi) is 6.10. The molecule has 1 aromatic heterocycles. The summed E-state index contributed by atoms with van der Waals surface area (Å²) < 4.78 is 1.38. The van der Waals surface area contributed by atoms with Crippen LogP contribution in [0.3, 0.4) is 0 Å². The maximum Gasteiger partial charge on any atom is 0.306 e. The number of hydrogen-bond acceptors (Lipinski definition) is 5. The van der Waals surface area contributed by atoms with E-state index in [1.165, 1.54) is 22.6 Å². The van der Waals surface area contributed by atoms with Crippen molar-refractivity contribution in [3.63, 3.8) is 0 Å². The number of nitro groups is 1. The first kappa shape index (κ1) is 18.9. The fourth-order valence-corrected chi connectivity index (χ4v) is 3.31. The zero-order chi connectivity index (χ0) is 19.2. The molecular formula is C18H15ClN4O3S. The van der Waals surface area contributed by atoms with Crippen LogP contribution in [0.2, 0.25) is 5.02 Å². The maximum absolute atomic E-state index is 12.3. The molecule has 0 saturated heterocycles. The van der Waals surface area contributed by atoms with Gasteiger partial charge >= 0.3 is 5.69 Å². The van der Waals surface area contributed by atoms with Gasteiger partial charge in [-0.3, -0.25) is 19.6 Å². The number of rotatable bonds is 7. The standard InChI is InChI=1S/C18H15ClN4O3S/c19-13-5-7-15(8-6-13)27-17-4-2-1-3-16(17)21-18(24)9-10-22-12-14(11-20-22)23(25)26/h1-8,11-12H,9-10H2,(H,21,24). The second kappa shape index (κ2) is 8.70. The van der Waals surface area contributed by atoms with Gasteiger partial charge in [0.1, 0.15) is 12.4 Å². The zero-order valence-corrected chi connectivity index (χ0v) is 15.6. The number of carbonyl (C=O) groups is 1. The van der Waals surface area contributed by atoms with Gasteiger partial charge in [-0.2, -0.15) is 5.10 Å². The Morgan fingerprint density at radius 3 is 2.67 bits per heavy atom. The number of nitrogens with one attached hydrogen (secondary N) is 1. The Labute approximate surface area is 164 Å². The summed E-state index contributed by atoms with van der Waals surface area (Å²) in [7, 11) is 0. The van der Waals surface area contributed by atoms with Gasteiger partial charge in [0.2, 0.25) is 5.91 Å². The number of para-hydroxylation sites is 1. The molecule has 0 spiro atoms. The monoisotopic (exact) mass is 402 g/mol. The van der Waals surface area contributed by atoms with Crippen LogP contribution in [0.4, 0.5) is 11.4 Å². The Bertz CT molecular complexity index is 959. The summed E-state index contributed by atoms with van der Waals surface area (Å²) in [6, 6.07) is 14.9. The molecule has 0 atom stereocenters. The molecule has 0 saturated carbocycles. The van der Waals surface area contributed by atoms with E-state index >= 15 is 0 Å². The predicted octanol–water partition coefficient (Wildman–Crippen LogP) is 4.62. The van der Waals surface area contributed by atoms with Gasteiger partial charge in [-0.15, -0.1) is 0 Å². The van der Waals surface area contributed by atoms with Gasteiger partial charge in [-0.1, -0.05) is 35.5 Å². The minimum atomic E-state index is -0.520. The molecule has 3 rings (SSSR count). The maximum atomic E-state index is 12.3. The highest BCUT2D eigenvalue weighted by Gasteiger charge is 2.11. The number of carbonyl (C=O) groups excluding carboxylic acids is 1. The van der Waals surface area contributed by atoms with Crippen LogP contribution in [0.25, 0.3) is 0 Å². The minimum Gasteiger partial charge on any atom is -0.325 e. The number of halogens is 1.